The summed E-state index contributed by atoms with van der Waals surface area (Å²) in [5.74, 6) is 3.48. The zero-order chi connectivity index (χ0) is 19.5. The van der Waals surface area contributed by atoms with E-state index in [0.717, 1.165) is 46.8 Å². The van der Waals surface area contributed by atoms with E-state index in [2.05, 4.69) is 26.0 Å². The van der Waals surface area contributed by atoms with Crippen LogP contribution in [0.3, 0.4) is 0 Å². The van der Waals surface area contributed by atoms with Crippen molar-refractivity contribution in [3.05, 3.63) is 40.4 Å². The minimum absolute atomic E-state index is 0.135. The van der Waals surface area contributed by atoms with Gasteiger partial charge in [-0.05, 0) is 103 Å². The molecule has 2 heteroatoms. The summed E-state index contributed by atoms with van der Waals surface area (Å²) in [7, 11) is 0. The second-order valence-corrected chi connectivity index (χ2v) is 11.1. The van der Waals surface area contributed by atoms with Crippen LogP contribution in [0.1, 0.15) is 77.2 Å². The van der Waals surface area contributed by atoms with Gasteiger partial charge in [0.05, 0.1) is 0 Å². The summed E-state index contributed by atoms with van der Waals surface area (Å²) in [6, 6.07) is 7.91. The van der Waals surface area contributed by atoms with Crippen LogP contribution in [0.25, 0.3) is 6.08 Å². The van der Waals surface area contributed by atoms with E-state index in [4.69, 9.17) is 11.6 Å². The molecule has 1 aromatic carbocycles. The van der Waals surface area contributed by atoms with Gasteiger partial charge in [-0.25, -0.2) is 0 Å². The molecule has 28 heavy (non-hydrogen) atoms. The normalized spacial score (nSPS) is 44.1. The van der Waals surface area contributed by atoms with Gasteiger partial charge in [0.1, 0.15) is 0 Å². The van der Waals surface area contributed by atoms with Crippen LogP contribution in [0.2, 0.25) is 5.02 Å². The van der Waals surface area contributed by atoms with E-state index in [-0.39, 0.29) is 5.41 Å². The molecule has 0 heterocycles. The van der Waals surface area contributed by atoms with E-state index >= 15 is 0 Å². The first-order valence-electron chi connectivity index (χ1n) is 11.4. The van der Waals surface area contributed by atoms with Gasteiger partial charge in [0, 0.05) is 10.4 Å². The van der Waals surface area contributed by atoms with Crippen molar-refractivity contribution in [2.75, 3.05) is 0 Å². The minimum Gasteiger partial charge on any atom is -0.294 e. The highest BCUT2D eigenvalue weighted by molar-refractivity contribution is 6.30. The van der Waals surface area contributed by atoms with Crippen LogP contribution in [-0.2, 0) is 4.79 Å². The molecule has 6 unspecified atom stereocenters. The van der Waals surface area contributed by atoms with Crippen molar-refractivity contribution in [1.82, 2.24) is 0 Å². The summed E-state index contributed by atoms with van der Waals surface area (Å²) in [5, 5.41) is 0.743. The topological polar surface area (TPSA) is 17.1 Å². The second kappa shape index (κ2) is 6.73. The number of benzene rings is 1. The first-order chi connectivity index (χ1) is 13.4. The molecule has 150 valence electrons. The average molecular weight is 397 g/mol. The van der Waals surface area contributed by atoms with Gasteiger partial charge in [-0.3, -0.25) is 4.79 Å². The molecule has 4 fully saturated rings. The van der Waals surface area contributed by atoms with Crippen molar-refractivity contribution in [3.63, 3.8) is 0 Å². The zero-order valence-electron chi connectivity index (χ0n) is 17.3. The van der Waals surface area contributed by atoms with E-state index in [1.54, 1.807) is 0 Å². The molecule has 0 aromatic heterocycles. The highest BCUT2D eigenvalue weighted by Gasteiger charge is 2.60. The largest absolute Gasteiger partial charge is 0.294 e. The molecule has 6 atom stereocenters. The Hall–Kier alpha value is -1.08. The van der Waals surface area contributed by atoms with Crippen molar-refractivity contribution < 1.29 is 4.79 Å². The lowest BCUT2D eigenvalue weighted by molar-refractivity contribution is -0.137. The van der Waals surface area contributed by atoms with Crippen LogP contribution in [0, 0.1) is 34.5 Å². The Labute approximate surface area is 174 Å². The molecule has 4 aliphatic carbocycles. The minimum atomic E-state index is -0.135. The summed E-state index contributed by atoms with van der Waals surface area (Å²) in [5.41, 5.74) is 2.51. The van der Waals surface area contributed by atoms with Crippen LogP contribution >= 0.6 is 11.6 Å². The molecular formula is C26H33ClO. The number of ketones is 1. The SMILES string of the molecule is CC12CCC3C(CCC4CCCCC43C)C1CC(=Cc1cccc(Cl)c1)C2=O. The predicted molar refractivity (Wildman–Crippen MR) is 116 cm³/mol. The monoisotopic (exact) mass is 396 g/mol. The number of fused-ring (bicyclic) bond motifs is 5. The third-order valence-electron chi connectivity index (χ3n) is 9.41. The van der Waals surface area contributed by atoms with Crippen molar-refractivity contribution in [2.24, 2.45) is 34.5 Å². The third-order valence-corrected chi connectivity index (χ3v) is 9.65. The molecule has 1 nitrogen and oxygen atoms in total. The quantitative estimate of drug-likeness (QED) is 0.454. The fourth-order valence-corrected chi connectivity index (χ4v) is 8.09. The molecule has 0 amide bonds. The van der Waals surface area contributed by atoms with Crippen molar-refractivity contribution in [1.29, 1.82) is 0 Å². The second-order valence-electron chi connectivity index (χ2n) is 10.6. The van der Waals surface area contributed by atoms with Gasteiger partial charge in [-0.2, -0.15) is 0 Å². The maximum atomic E-state index is 13.5. The maximum Gasteiger partial charge on any atom is 0.165 e. The summed E-state index contributed by atoms with van der Waals surface area (Å²) in [6.07, 6.45) is 13.9. The Morgan fingerprint density at radius 1 is 1.04 bits per heavy atom. The van der Waals surface area contributed by atoms with E-state index in [0.29, 0.717) is 17.1 Å². The smallest absolute Gasteiger partial charge is 0.165 e. The fourth-order valence-electron chi connectivity index (χ4n) is 7.89. The number of carbonyl (C=O) groups is 1. The van der Waals surface area contributed by atoms with Crippen molar-refractivity contribution in [3.8, 4) is 0 Å². The number of hydrogen-bond acceptors (Lipinski definition) is 1. The summed E-state index contributed by atoms with van der Waals surface area (Å²) in [6.45, 7) is 4.89. The lowest BCUT2D eigenvalue weighted by Gasteiger charge is -2.59. The van der Waals surface area contributed by atoms with Gasteiger partial charge in [0.25, 0.3) is 0 Å². The first kappa shape index (κ1) is 18.9. The standard InChI is InChI=1S/C26H33ClO/c1-25-12-4-3-7-19(25)9-10-21-22(25)11-13-26(2)23(21)16-18(24(26)28)14-17-6-5-8-20(27)15-17/h5-6,8,14-15,19,21-23H,3-4,7,9-13,16H2,1-2H3. The summed E-state index contributed by atoms with van der Waals surface area (Å²) >= 11 is 6.17. The predicted octanol–water partition coefficient (Wildman–Crippen LogP) is 7.34. The van der Waals surface area contributed by atoms with Gasteiger partial charge in [0.2, 0.25) is 0 Å². The molecule has 1 aromatic rings. The zero-order valence-corrected chi connectivity index (χ0v) is 18.1. The lowest BCUT2D eigenvalue weighted by Crippen LogP contribution is -2.52. The fraction of sp³-hybridized carbons (Fsp3) is 0.654. The molecule has 5 rings (SSSR count). The van der Waals surface area contributed by atoms with Gasteiger partial charge in [0.15, 0.2) is 5.78 Å². The highest BCUT2D eigenvalue weighted by Crippen LogP contribution is 2.66. The van der Waals surface area contributed by atoms with Crippen LogP contribution in [0.15, 0.2) is 29.8 Å². The number of rotatable bonds is 1. The molecule has 0 N–H and O–H groups in total. The van der Waals surface area contributed by atoms with Crippen molar-refractivity contribution in [2.45, 2.75) is 71.6 Å². The Bertz CT molecular complexity index is 825. The molecule has 0 aliphatic heterocycles. The Balaban J connectivity index is 1.46. The molecule has 0 bridgehead atoms. The molecule has 4 saturated carbocycles. The third kappa shape index (κ3) is 2.76. The summed E-state index contributed by atoms with van der Waals surface area (Å²) < 4.78 is 0. The number of carbonyl (C=O) groups excluding carboxylic acids is 1. The Kier molecular flexibility index (Phi) is 4.54. The number of hydrogen-bond donors (Lipinski definition) is 0. The lowest BCUT2D eigenvalue weighted by atomic mass is 9.45. The van der Waals surface area contributed by atoms with Crippen LogP contribution in [0.4, 0.5) is 0 Å². The Morgan fingerprint density at radius 3 is 2.71 bits per heavy atom. The van der Waals surface area contributed by atoms with Crippen LogP contribution in [0.5, 0.6) is 0 Å². The first-order valence-corrected chi connectivity index (χ1v) is 11.8. The maximum absolute atomic E-state index is 13.5. The Morgan fingerprint density at radius 2 is 1.89 bits per heavy atom. The van der Waals surface area contributed by atoms with Gasteiger partial charge < -0.3 is 0 Å². The summed E-state index contributed by atoms with van der Waals surface area (Å²) in [4.78, 5) is 13.5. The number of Topliss-reactive ketones (excluding diaryl/α,β-unsaturated/α-hetero) is 1. The van der Waals surface area contributed by atoms with E-state index in [1.165, 1.54) is 44.9 Å². The van der Waals surface area contributed by atoms with E-state index < -0.39 is 0 Å². The number of halogens is 1. The molecule has 0 radical (unpaired) electrons. The molecule has 0 saturated heterocycles. The van der Waals surface area contributed by atoms with E-state index in [9.17, 15) is 4.79 Å². The molecule has 4 aliphatic rings. The number of allylic oxidation sites excluding steroid dienone is 1. The average Bonchev–Trinajstić information content (AvgIpc) is 2.92. The van der Waals surface area contributed by atoms with E-state index in [1.807, 2.05) is 18.2 Å². The van der Waals surface area contributed by atoms with Gasteiger partial charge in [-0.1, -0.05) is 50.4 Å². The van der Waals surface area contributed by atoms with Gasteiger partial charge >= 0.3 is 0 Å². The van der Waals surface area contributed by atoms with Crippen LogP contribution in [-0.4, -0.2) is 5.78 Å². The highest BCUT2D eigenvalue weighted by atomic mass is 35.5. The van der Waals surface area contributed by atoms with Crippen LogP contribution < -0.4 is 0 Å². The van der Waals surface area contributed by atoms with Crippen molar-refractivity contribution >= 4 is 23.5 Å². The van der Waals surface area contributed by atoms with Gasteiger partial charge in [-0.15, -0.1) is 0 Å². The molecular weight excluding hydrogens is 364 g/mol. The molecule has 0 spiro atoms.